The molecule has 28 heavy (non-hydrogen) atoms. The Morgan fingerprint density at radius 3 is 2.29 bits per heavy atom. The van der Waals surface area contributed by atoms with E-state index in [1.807, 2.05) is 0 Å². The van der Waals surface area contributed by atoms with Crippen molar-refractivity contribution in [2.24, 2.45) is 0 Å². The number of rotatable bonds is 9. The molecule has 0 saturated heterocycles. The Morgan fingerprint density at radius 1 is 0.964 bits per heavy atom. The summed E-state index contributed by atoms with van der Waals surface area (Å²) in [5, 5.41) is 3.04. The predicted molar refractivity (Wildman–Crippen MR) is 104 cm³/mol. The number of esters is 1. The minimum Gasteiger partial charge on any atom is -0.477 e. The molecule has 8 heteroatoms. The largest absolute Gasteiger partial charge is 0.477 e. The monoisotopic (exact) mass is 407 g/mol. The molecule has 2 aromatic rings. The smallest absolute Gasteiger partial charge is 0.407 e. The first-order chi connectivity index (χ1) is 13.5. The van der Waals surface area contributed by atoms with Gasteiger partial charge in [0.25, 0.3) is 0 Å². The number of benzene rings is 2. The van der Waals surface area contributed by atoms with Crippen LogP contribution < -0.4 is 14.8 Å². The molecule has 0 heterocycles. The first kappa shape index (κ1) is 21.4. The average molecular weight is 408 g/mol. The van der Waals surface area contributed by atoms with Crippen LogP contribution in [0.15, 0.2) is 48.5 Å². The third-order valence-corrected chi connectivity index (χ3v) is 3.63. The zero-order chi connectivity index (χ0) is 20.4. The van der Waals surface area contributed by atoms with Gasteiger partial charge in [0.2, 0.25) is 6.10 Å². The van der Waals surface area contributed by atoms with Gasteiger partial charge < -0.3 is 24.3 Å². The van der Waals surface area contributed by atoms with E-state index in [4.69, 9.17) is 30.5 Å². The van der Waals surface area contributed by atoms with E-state index in [0.29, 0.717) is 22.3 Å². The Balaban J connectivity index is 2.00. The highest BCUT2D eigenvalue weighted by atomic mass is 35.5. The number of hydrogen-bond acceptors (Lipinski definition) is 6. The van der Waals surface area contributed by atoms with Gasteiger partial charge in [0, 0.05) is 5.02 Å². The lowest BCUT2D eigenvalue weighted by Crippen LogP contribution is -2.41. The molecule has 2 aromatic carbocycles. The number of carbonyl (C=O) groups is 2. The molecule has 0 spiro atoms. The quantitative estimate of drug-likeness (QED) is 0.627. The Hall–Kier alpha value is -2.93. The van der Waals surface area contributed by atoms with E-state index < -0.39 is 18.2 Å². The Bertz CT molecular complexity index is 781. The van der Waals surface area contributed by atoms with Gasteiger partial charge in [-0.3, -0.25) is 0 Å². The number of amides is 1. The summed E-state index contributed by atoms with van der Waals surface area (Å²) < 4.78 is 21.1. The average Bonchev–Trinajstić information content (AvgIpc) is 2.67. The maximum absolute atomic E-state index is 12.1. The maximum Gasteiger partial charge on any atom is 0.407 e. The Labute approximate surface area is 168 Å². The van der Waals surface area contributed by atoms with Crippen LogP contribution in [0.1, 0.15) is 13.8 Å². The van der Waals surface area contributed by atoms with Crippen LogP contribution in [0, 0.1) is 0 Å². The van der Waals surface area contributed by atoms with Crippen molar-refractivity contribution in [3.05, 3.63) is 53.6 Å². The molecule has 1 atom stereocenters. The van der Waals surface area contributed by atoms with Crippen molar-refractivity contribution in [3.63, 3.8) is 0 Å². The molecule has 1 amide bonds. The van der Waals surface area contributed by atoms with Gasteiger partial charge >= 0.3 is 12.1 Å². The van der Waals surface area contributed by atoms with Gasteiger partial charge in [-0.2, -0.15) is 0 Å². The molecule has 7 nitrogen and oxygen atoms in total. The summed E-state index contributed by atoms with van der Waals surface area (Å²) in [6, 6.07) is 13.7. The van der Waals surface area contributed by atoms with E-state index in [1.165, 1.54) is 0 Å². The molecule has 0 aromatic heterocycles. The summed E-state index contributed by atoms with van der Waals surface area (Å²) in [5.41, 5.74) is 0. The van der Waals surface area contributed by atoms with Crippen molar-refractivity contribution in [3.8, 4) is 17.2 Å². The van der Waals surface area contributed by atoms with Crippen molar-refractivity contribution in [1.82, 2.24) is 5.32 Å². The van der Waals surface area contributed by atoms with Gasteiger partial charge in [-0.1, -0.05) is 17.7 Å². The molecule has 0 aliphatic carbocycles. The zero-order valence-electron chi connectivity index (χ0n) is 15.6. The van der Waals surface area contributed by atoms with Gasteiger partial charge in [0.1, 0.15) is 17.2 Å². The third-order valence-electron chi connectivity index (χ3n) is 3.39. The Kier molecular flexibility index (Phi) is 8.42. The first-order valence-electron chi connectivity index (χ1n) is 8.79. The van der Waals surface area contributed by atoms with Crippen LogP contribution in [0.2, 0.25) is 5.02 Å². The van der Waals surface area contributed by atoms with Gasteiger partial charge in [-0.25, -0.2) is 9.59 Å². The predicted octanol–water partition coefficient (Wildman–Crippen LogP) is 4.19. The number of ether oxygens (including phenoxy) is 4. The molecule has 1 unspecified atom stereocenters. The number of hydrogen-bond donors (Lipinski definition) is 1. The summed E-state index contributed by atoms with van der Waals surface area (Å²) in [6.45, 7) is 3.72. The summed E-state index contributed by atoms with van der Waals surface area (Å²) in [4.78, 5) is 23.5. The van der Waals surface area contributed by atoms with Gasteiger partial charge in [0.05, 0.1) is 19.8 Å². The Morgan fingerprint density at radius 2 is 1.64 bits per heavy atom. The normalized spacial score (nSPS) is 11.2. The molecular weight excluding hydrogens is 386 g/mol. The summed E-state index contributed by atoms with van der Waals surface area (Å²) in [6.07, 6.45) is -1.64. The lowest BCUT2D eigenvalue weighted by molar-refractivity contribution is -0.151. The second kappa shape index (κ2) is 11.0. The minimum atomic E-state index is -1.01. The highest BCUT2D eigenvalue weighted by Crippen LogP contribution is 2.26. The summed E-state index contributed by atoms with van der Waals surface area (Å²) in [5.74, 6) is 1.01. The van der Waals surface area contributed by atoms with Crippen LogP contribution in [0.5, 0.6) is 17.2 Å². The van der Waals surface area contributed by atoms with Crippen LogP contribution in [0.25, 0.3) is 0 Å². The maximum atomic E-state index is 12.1. The van der Waals surface area contributed by atoms with Crippen molar-refractivity contribution < 1.29 is 28.5 Å². The first-order valence-corrected chi connectivity index (χ1v) is 9.17. The molecule has 150 valence electrons. The third kappa shape index (κ3) is 7.00. The summed E-state index contributed by atoms with van der Waals surface area (Å²) in [7, 11) is 0. The van der Waals surface area contributed by atoms with Gasteiger partial charge in [-0.05, 0) is 56.3 Å². The van der Waals surface area contributed by atoms with Gasteiger partial charge in [0.15, 0.2) is 0 Å². The van der Waals surface area contributed by atoms with Crippen LogP contribution in [-0.2, 0) is 14.3 Å². The van der Waals surface area contributed by atoms with Crippen molar-refractivity contribution in [2.45, 2.75) is 20.0 Å². The molecular formula is C20H22ClNO6. The van der Waals surface area contributed by atoms with E-state index >= 15 is 0 Å². The molecule has 0 radical (unpaired) electrons. The van der Waals surface area contributed by atoms with Crippen LogP contribution in [0.3, 0.4) is 0 Å². The SMILES string of the molecule is CCOC(=O)NCC(Oc1ccc(Oc2cccc(Cl)c2)cc1)C(=O)OCC. The number of carbonyl (C=O) groups excluding carboxylic acids is 2. The zero-order valence-corrected chi connectivity index (χ0v) is 16.4. The van der Waals surface area contributed by atoms with Gasteiger partial charge in [-0.15, -0.1) is 0 Å². The highest BCUT2D eigenvalue weighted by molar-refractivity contribution is 6.30. The number of alkyl carbamates (subject to hydrolysis) is 1. The molecule has 0 saturated carbocycles. The topological polar surface area (TPSA) is 83.1 Å². The highest BCUT2D eigenvalue weighted by Gasteiger charge is 2.23. The van der Waals surface area contributed by atoms with E-state index in [1.54, 1.807) is 62.4 Å². The number of halogens is 1. The van der Waals surface area contributed by atoms with E-state index in [9.17, 15) is 9.59 Å². The summed E-state index contributed by atoms with van der Waals surface area (Å²) >= 11 is 5.94. The molecule has 2 rings (SSSR count). The molecule has 0 fully saturated rings. The lowest BCUT2D eigenvalue weighted by Gasteiger charge is -2.18. The van der Waals surface area contributed by atoms with Crippen LogP contribution >= 0.6 is 11.6 Å². The number of nitrogens with one attached hydrogen (secondary N) is 1. The molecule has 0 bridgehead atoms. The van der Waals surface area contributed by atoms with E-state index in [0.717, 1.165) is 0 Å². The van der Waals surface area contributed by atoms with E-state index in [2.05, 4.69) is 5.32 Å². The fraction of sp³-hybridized carbons (Fsp3) is 0.300. The second-order valence-electron chi connectivity index (χ2n) is 5.49. The molecule has 0 aliphatic rings. The lowest BCUT2D eigenvalue weighted by atomic mass is 10.3. The van der Waals surface area contributed by atoms with E-state index in [-0.39, 0.29) is 19.8 Å². The fourth-order valence-corrected chi connectivity index (χ4v) is 2.36. The fourth-order valence-electron chi connectivity index (χ4n) is 2.18. The molecule has 0 aliphatic heterocycles. The van der Waals surface area contributed by atoms with Crippen LogP contribution in [-0.4, -0.2) is 37.9 Å². The second-order valence-corrected chi connectivity index (χ2v) is 5.93. The minimum absolute atomic E-state index is 0.0849. The van der Waals surface area contributed by atoms with Crippen LogP contribution in [0.4, 0.5) is 4.79 Å². The van der Waals surface area contributed by atoms with Crippen molar-refractivity contribution >= 4 is 23.7 Å². The van der Waals surface area contributed by atoms with Crippen molar-refractivity contribution in [1.29, 1.82) is 0 Å². The van der Waals surface area contributed by atoms with Crippen molar-refractivity contribution in [2.75, 3.05) is 19.8 Å². The molecule has 1 N–H and O–H groups in total. The standard InChI is InChI=1S/C20H22ClNO6/c1-3-25-19(23)18(13-22-20(24)26-4-2)28-16-10-8-15(9-11-16)27-17-7-5-6-14(21)12-17/h5-12,18H,3-4,13H2,1-2H3,(H,22,24).